The van der Waals surface area contributed by atoms with Gasteiger partial charge in [0.15, 0.2) is 0 Å². The van der Waals surface area contributed by atoms with E-state index in [1.54, 1.807) is 0 Å². The molecule has 0 aromatic heterocycles. The van der Waals surface area contributed by atoms with Gasteiger partial charge < -0.3 is 15.6 Å². The van der Waals surface area contributed by atoms with Crippen LogP contribution in [0.15, 0.2) is 12.1 Å². The molecule has 3 N–H and O–H groups in total. The Labute approximate surface area is 115 Å². The Morgan fingerprint density at radius 3 is 2.84 bits per heavy atom. The standard InChI is InChI=1S/C13H15ClFNO3/c14-10-4-8(15)3-9(11(16)5-12(17)18)13(10)19-6-7-1-2-7/h3-4,7,11H,1-2,5-6,16H2,(H,17,18). The van der Waals surface area contributed by atoms with Crippen LogP contribution < -0.4 is 10.5 Å². The van der Waals surface area contributed by atoms with E-state index in [-0.39, 0.29) is 11.4 Å². The van der Waals surface area contributed by atoms with Crippen LogP contribution in [0.4, 0.5) is 4.39 Å². The van der Waals surface area contributed by atoms with Gasteiger partial charge in [0, 0.05) is 11.6 Å². The van der Waals surface area contributed by atoms with Gasteiger partial charge in [0.25, 0.3) is 0 Å². The zero-order chi connectivity index (χ0) is 14.0. The summed E-state index contributed by atoms with van der Waals surface area (Å²) in [5.74, 6) is -0.811. The SMILES string of the molecule is NC(CC(=O)O)c1cc(F)cc(Cl)c1OCC1CC1. The fourth-order valence-electron chi connectivity index (χ4n) is 1.79. The fourth-order valence-corrected chi connectivity index (χ4v) is 2.06. The summed E-state index contributed by atoms with van der Waals surface area (Å²) in [6.45, 7) is 0.498. The second kappa shape index (κ2) is 5.75. The molecule has 0 heterocycles. The highest BCUT2D eigenvalue weighted by molar-refractivity contribution is 6.32. The van der Waals surface area contributed by atoms with E-state index in [1.165, 1.54) is 6.07 Å². The Kier molecular flexibility index (Phi) is 4.27. The fraction of sp³-hybridized carbons (Fsp3) is 0.462. The van der Waals surface area contributed by atoms with E-state index in [1.807, 2.05) is 0 Å². The molecule has 0 saturated heterocycles. The van der Waals surface area contributed by atoms with Crippen molar-refractivity contribution in [2.75, 3.05) is 6.61 Å². The van der Waals surface area contributed by atoms with Gasteiger partial charge in [0.05, 0.1) is 18.1 Å². The van der Waals surface area contributed by atoms with Gasteiger partial charge in [-0.25, -0.2) is 4.39 Å². The molecule has 1 aliphatic rings. The van der Waals surface area contributed by atoms with Gasteiger partial charge in [0.1, 0.15) is 11.6 Å². The third-order valence-corrected chi connectivity index (χ3v) is 3.27. The van der Waals surface area contributed by atoms with E-state index in [0.717, 1.165) is 18.9 Å². The van der Waals surface area contributed by atoms with Crippen LogP contribution in [0, 0.1) is 11.7 Å². The van der Waals surface area contributed by atoms with Gasteiger partial charge in [-0.2, -0.15) is 0 Å². The molecule has 1 atom stereocenters. The van der Waals surface area contributed by atoms with E-state index in [4.69, 9.17) is 27.2 Å². The molecule has 0 bridgehead atoms. The minimum absolute atomic E-state index is 0.122. The summed E-state index contributed by atoms with van der Waals surface area (Å²) in [7, 11) is 0. The lowest BCUT2D eigenvalue weighted by molar-refractivity contribution is -0.137. The number of aliphatic carboxylic acids is 1. The predicted molar refractivity (Wildman–Crippen MR) is 68.8 cm³/mol. The van der Waals surface area contributed by atoms with Gasteiger partial charge in [-0.15, -0.1) is 0 Å². The molecule has 0 spiro atoms. The quantitative estimate of drug-likeness (QED) is 0.844. The summed E-state index contributed by atoms with van der Waals surface area (Å²) >= 11 is 5.95. The number of hydrogen-bond acceptors (Lipinski definition) is 3. The van der Waals surface area contributed by atoms with Gasteiger partial charge >= 0.3 is 5.97 Å². The average molecular weight is 288 g/mol. The number of carboxylic acid groups (broad SMARTS) is 1. The van der Waals surface area contributed by atoms with Gasteiger partial charge in [-0.3, -0.25) is 4.79 Å². The maximum atomic E-state index is 13.4. The summed E-state index contributed by atoms with van der Waals surface area (Å²) < 4.78 is 19.0. The summed E-state index contributed by atoms with van der Waals surface area (Å²) in [4.78, 5) is 10.7. The lowest BCUT2D eigenvalue weighted by atomic mass is 10.0. The number of hydrogen-bond donors (Lipinski definition) is 2. The van der Waals surface area contributed by atoms with Crippen molar-refractivity contribution < 1.29 is 19.0 Å². The van der Waals surface area contributed by atoms with E-state index in [2.05, 4.69) is 0 Å². The molecule has 1 aromatic rings. The maximum Gasteiger partial charge on any atom is 0.305 e. The van der Waals surface area contributed by atoms with Crippen molar-refractivity contribution in [1.82, 2.24) is 0 Å². The topological polar surface area (TPSA) is 72.6 Å². The Hall–Kier alpha value is -1.33. The highest BCUT2D eigenvalue weighted by Crippen LogP contribution is 2.37. The van der Waals surface area contributed by atoms with Crippen LogP contribution in [-0.2, 0) is 4.79 Å². The highest BCUT2D eigenvalue weighted by atomic mass is 35.5. The molecular formula is C13H15ClFNO3. The number of carboxylic acids is 1. The minimum Gasteiger partial charge on any atom is -0.491 e. The molecular weight excluding hydrogens is 273 g/mol. The number of benzene rings is 1. The number of nitrogens with two attached hydrogens (primary N) is 1. The van der Waals surface area contributed by atoms with Crippen molar-refractivity contribution in [1.29, 1.82) is 0 Å². The first-order valence-electron chi connectivity index (χ1n) is 6.06. The molecule has 1 aromatic carbocycles. The van der Waals surface area contributed by atoms with E-state index >= 15 is 0 Å². The van der Waals surface area contributed by atoms with Crippen molar-refractivity contribution >= 4 is 17.6 Å². The first kappa shape index (κ1) is 14.1. The van der Waals surface area contributed by atoms with Crippen LogP contribution in [0.25, 0.3) is 0 Å². The number of halogens is 2. The second-order valence-corrected chi connectivity index (χ2v) is 5.17. The summed E-state index contributed by atoms with van der Waals surface area (Å²) in [6.07, 6.45) is 1.91. The molecule has 1 saturated carbocycles. The summed E-state index contributed by atoms with van der Waals surface area (Å²) in [5, 5.41) is 8.88. The largest absolute Gasteiger partial charge is 0.491 e. The zero-order valence-electron chi connectivity index (χ0n) is 10.2. The molecule has 1 fully saturated rings. The normalized spacial score (nSPS) is 16.2. The van der Waals surface area contributed by atoms with Crippen LogP contribution in [0.3, 0.4) is 0 Å². The van der Waals surface area contributed by atoms with E-state index < -0.39 is 17.8 Å². The smallest absolute Gasteiger partial charge is 0.305 e. The number of ether oxygens (including phenoxy) is 1. The van der Waals surface area contributed by atoms with Crippen LogP contribution in [0.2, 0.25) is 5.02 Å². The molecule has 0 amide bonds. The van der Waals surface area contributed by atoms with Crippen molar-refractivity contribution in [3.63, 3.8) is 0 Å². The minimum atomic E-state index is -1.05. The third kappa shape index (κ3) is 3.81. The van der Waals surface area contributed by atoms with Crippen LogP contribution >= 0.6 is 11.6 Å². The molecule has 4 nitrogen and oxygen atoms in total. The highest BCUT2D eigenvalue weighted by Gasteiger charge is 2.25. The van der Waals surface area contributed by atoms with Crippen molar-refractivity contribution in [2.24, 2.45) is 11.7 Å². The Morgan fingerprint density at radius 1 is 1.58 bits per heavy atom. The molecule has 1 unspecified atom stereocenters. The monoisotopic (exact) mass is 287 g/mol. The number of carbonyl (C=O) groups is 1. The molecule has 2 rings (SSSR count). The van der Waals surface area contributed by atoms with Crippen LogP contribution in [0.1, 0.15) is 30.9 Å². The molecule has 104 valence electrons. The summed E-state index contributed by atoms with van der Waals surface area (Å²) in [5.41, 5.74) is 6.07. The van der Waals surface area contributed by atoms with Gasteiger partial charge in [0.2, 0.25) is 0 Å². The zero-order valence-corrected chi connectivity index (χ0v) is 11.0. The first-order chi connectivity index (χ1) is 8.97. The predicted octanol–water partition coefficient (Wildman–Crippen LogP) is 2.74. The van der Waals surface area contributed by atoms with E-state index in [9.17, 15) is 9.18 Å². The lowest BCUT2D eigenvalue weighted by Gasteiger charge is -2.17. The average Bonchev–Trinajstić information content (AvgIpc) is 3.09. The van der Waals surface area contributed by atoms with Gasteiger partial charge in [-0.05, 0) is 30.9 Å². The van der Waals surface area contributed by atoms with Crippen molar-refractivity contribution in [3.05, 3.63) is 28.5 Å². The lowest BCUT2D eigenvalue weighted by Crippen LogP contribution is -2.17. The molecule has 19 heavy (non-hydrogen) atoms. The third-order valence-electron chi connectivity index (χ3n) is 2.99. The molecule has 6 heteroatoms. The van der Waals surface area contributed by atoms with E-state index in [0.29, 0.717) is 23.8 Å². The first-order valence-corrected chi connectivity index (χ1v) is 6.44. The molecule has 0 aliphatic heterocycles. The van der Waals surface area contributed by atoms with Crippen LogP contribution in [0.5, 0.6) is 5.75 Å². The Bertz CT molecular complexity index is 491. The molecule has 0 radical (unpaired) electrons. The Balaban J connectivity index is 2.23. The number of rotatable bonds is 6. The summed E-state index contributed by atoms with van der Waals surface area (Å²) in [6, 6.07) is 1.47. The van der Waals surface area contributed by atoms with Crippen molar-refractivity contribution in [2.45, 2.75) is 25.3 Å². The van der Waals surface area contributed by atoms with Crippen molar-refractivity contribution in [3.8, 4) is 5.75 Å². The Morgan fingerprint density at radius 2 is 2.26 bits per heavy atom. The maximum absolute atomic E-state index is 13.4. The van der Waals surface area contributed by atoms with Gasteiger partial charge in [-0.1, -0.05) is 11.6 Å². The molecule has 1 aliphatic carbocycles. The second-order valence-electron chi connectivity index (χ2n) is 4.76. The van der Waals surface area contributed by atoms with Crippen LogP contribution in [-0.4, -0.2) is 17.7 Å².